The summed E-state index contributed by atoms with van der Waals surface area (Å²) in [5.74, 6) is 0.285. The van der Waals surface area contributed by atoms with Crippen LogP contribution in [-0.2, 0) is 4.79 Å². The van der Waals surface area contributed by atoms with Gasteiger partial charge in [0, 0.05) is 26.1 Å². The van der Waals surface area contributed by atoms with E-state index in [9.17, 15) is 9.90 Å². The number of phenolic OH excluding ortho intramolecular Hbond substituents is 1. The Bertz CT molecular complexity index is 391. The quantitative estimate of drug-likeness (QED) is 0.809. The van der Waals surface area contributed by atoms with Crippen molar-refractivity contribution >= 4 is 11.6 Å². The van der Waals surface area contributed by atoms with Crippen LogP contribution in [0.25, 0.3) is 0 Å². The fourth-order valence-corrected chi connectivity index (χ4v) is 1.95. The first-order chi connectivity index (χ1) is 8.22. The van der Waals surface area contributed by atoms with Crippen molar-refractivity contribution in [2.75, 3.05) is 24.7 Å². The lowest BCUT2D eigenvalue weighted by Gasteiger charge is -2.29. The van der Waals surface area contributed by atoms with Gasteiger partial charge in [-0.25, -0.2) is 0 Å². The van der Waals surface area contributed by atoms with Gasteiger partial charge in [-0.2, -0.15) is 0 Å². The molecule has 0 bridgehead atoms. The number of carbonyl (C=O) groups excluding carboxylic acids is 1. The SMILES string of the molecule is O=C1CCN(c2ccc(O)cc2)N1CCCO. The van der Waals surface area contributed by atoms with E-state index in [-0.39, 0.29) is 18.3 Å². The van der Waals surface area contributed by atoms with Crippen LogP contribution in [-0.4, -0.2) is 40.8 Å². The Labute approximate surface area is 99.9 Å². The first-order valence-corrected chi connectivity index (χ1v) is 5.70. The lowest BCUT2D eigenvalue weighted by molar-refractivity contribution is -0.128. The van der Waals surface area contributed by atoms with Crippen LogP contribution in [0.3, 0.4) is 0 Å². The van der Waals surface area contributed by atoms with Gasteiger partial charge in [0.05, 0.1) is 5.69 Å². The molecule has 0 spiro atoms. The topological polar surface area (TPSA) is 64.0 Å². The summed E-state index contributed by atoms with van der Waals surface area (Å²) < 4.78 is 0. The van der Waals surface area contributed by atoms with Crippen molar-refractivity contribution in [3.63, 3.8) is 0 Å². The third-order valence-corrected chi connectivity index (χ3v) is 2.79. The first kappa shape index (κ1) is 11.7. The van der Waals surface area contributed by atoms with E-state index in [1.807, 2.05) is 5.01 Å². The van der Waals surface area contributed by atoms with Gasteiger partial charge in [-0.05, 0) is 30.7 Å². The number of aliphatic hydroxyl groups excluding tert-OH is 1. The molecule has 0 aromatic heterocycles. The molecule has 1 aromatic rings. The number of hydrogen-bond acceptors (Lipinski definition) is 4. The smallest absolute Gasteiger partial charge is 0.242 e. The summed E-state index contributed by atoms with van der Waals surface area (Å²) in [5, 5.41) is 21.6. The van der Waals surface area contributed by atoms with Crippen molar-refractivity contribution in [2.24, 2.45) is 0 Å². The molecule has 1 aliphatic heterocycles. The van der Waals surface area contributed by atoms with Crippen LogP contribution >= 0.6 is 0 Å². The van der Waals surface area contributed by atoms with E-state index in [4.69, 9.17) is 5.11 Å². The fourth-order valence-electron chi connectivity index (χ4n) is 1.95. The second-order valence-corrected chi connectivity index (χ2v) is 3.98. The molecule has 17 heavy (non-hydrogen) atoms. The predicted octanol–water partition coefficient (Wildman–Crippen LogP) is 0.728. The summed E-state index contributed by atoms with van der Waals surface area (Å²) in [6, 6.07) is 6.75. The van der Waals surface area contributed by atoms with Crippen molar-refractivity contribution in [1.29, 1.82) is 0 Å². The van der Waals surface area contributed by atoms with Crippen LogP contribution in [0, 0.1) is 0 Å². The van der Waals surface area contributed by atoms with Crippen LogP contribution in [0.5, 0.6) is 5.75 Å². The average molecular weight is 236 g/mol. The van der Waals surface area contributed by atoms with E-state index in [2.05, 4.69) is 0 Å². The maximum absolute atomic E-state index is 11.7. The van der Waals surface area contributed by atoms with Gasteiger partial charge >= 0.3 is 0 Å². The standard InChI is InChI=1S/C12H16N2O3/c15-9-1-7-14-12(17)6-8-13(14)10-2-4-11(16)5-3-10/h2-5,15-16H,1,6-9H2. The number of amides is 1. The highest BCUT2D eigenvalue weighted by Gasteiger charge is 2.28. The third kappa shape index (κ3) is 2.50. The number of benzene rings is 1. The van der Waals surface area contributed by atoms with Gasteiger partial charge in [0.15, 0.2) is 0 Å². The maximum Gasteiger partial charge on any atom is 0.242 e. The summed E-state index contributed by atoms with van der Waals surface area (Å²) in [7, 11) is 0. The number of hydrogen-bond donors (Lipinski definition) is 2. The second-order valence-electron chi connectivity index (χ2n) is 3.98. The zero-order valence-corrected chi connectivity index (χ0v) is 9.54. The van der Waals surface area contributed by atoms with E-state index < -0.39 is 0 Å². The van der Waals surface area contributed by atoms with E-state index >= 15 is 0 Å². The van der Waals surface area contributed by atoms with Crippen LogP contribution in [0.4, 0.5) is 5.69 Å². The second kappa shape index (κ2) is 5.05. The molecule has 2 N–H and O–H groups in total. The molecule has 1 aliphatic rings. The summed E-state index contributed by atoms with van der Waals surface area (Å²) in [4.78, 5) is 11.7. The van der Waals surface area contributed by atoms with Crippen LogP contribution < -0.4 is 5.01 Å². The molecule has 0 saturated carbocycles. The number of nitrogens with zero attached hydrogens (tertiary/aromatic N) is 2. The third-order valence-electron chi connectivity index (χ3n) is 2.79. The Morgan fingerprint density at radius 1 is 1.24 bits per heavy atom. The molecule has 0 atom stereocenters. The summed E-state index contributed by atoms with van der Waals surface area (Å²) in [6.07, 6.45) is 1.06. The largest absolute Gasteiger partial charge is 0.508 e. The number of phenols is 1. The molecule has 0 unspecified atom stereocenters. The molecule has 1 fully saturated rings. The highest BCUT2D eigenvalue weighted by Crippen LogP contribution is 2.24. The Morgan fingerprint density at radius 2 is 1.94 bits per heavy atom. The number of anilines is 1. The van der Waals surface area contributed by atoms with Crippen molar-refractivity contribution < 1.29 is 15.0 Å². The minimum absolute atomic E-state index is 0.0755. The van der Waals surface area contributed by atoms with Crippen LogP contribution in [0.2, 0.25) is 0 Å². The summed E-state index contributed by atoms with van der Waals surface area (Å²) in [5.41, 5.74) is 0.881. The number of hydrazine groups is 1. The zero-order chi connectivity index (χ0) is 12.3. The lowest BCUT2D eigenvalue weighted by Crippen LogP contribution is -2.40. The van der Waals surface area contributed by atoms with Gasteiger partial charge in [0.1, 0.15) is 5.75 Å². The number of aromatic hydroxyl groups is 1. The van der Waals surface area contributed by atoms with E-state index in [1.165, 1.54) is 0 Å². The van der Waals surface area contributed by atoms with Gasteiger partial charge in [0.25, 0.3) is 0 Å². The summed E-state index contributed by atoms with van der Waals surface area (Å²) >= 11 is 0. The Hall–Kier alpha value is -1.75. The highest BCUT2D eigenvalue weighted by molar-refractivity contribution is 5.81. The van der Waals surface area contributed by atoms with E-state index in [1.54, 1.807) is 29.3 Å². The Morgan fingerprint density at radius 3 is 2.59 bits per heavy atom. The predicted molar refractivity (Wildman–Crippen MR) is 63.5 cm³/mol. The molecule has 1 aromatic carbocycles. The van der Waals surface area contributed by atoms with E-state index in [0.717, 1.165) is 5.69 Å². The van der Waals surface area contributed by atoms with Crippen LogP contribution in [0.15, 0.2) is 24.3 Å². The molecule has 1 heterocycles. The molecular formula is C12H16N2O3. The van der Waals surface area contributed by atoms with Gasteiger partial charge in [-0.1, -0.05) is 0 Å². The molecule has 0 aliphatic carbocycles. The Kier molecular flexibility index (Phi) is 3.49. The van der Waals surface area contributed by atoms with Gasteiger partial charge in [0.2, 0.25) is 5.91 Å². The molecule has 92 valence electrons. The number of carbonyl (C=O) groups is 1. The van der Waals surface area contributed by atoms with Gasteiger partial charge in [-0.3, -0.25) is 14.8 Å². The summed E-state index contributed by atoms with van der Waals surface area (Å²) in [6.45, 7) is 1.25. The molecule has 2 rings (SSSR count). The van der Waals surface area contributed by atoms with Crippen molar-refractivity contribution in [3.05, 3.63) is 24.3 Å². The van der Waals surface area contributed by atoms with Crippen molar-refractivity contribution in [1.82, 2.24) is 5.01 Å². The zero-order valence-electron chi connectivity index (χ0n) is 9.54. The number of rotatable bonds is 4. The van der Waals surface area contributed by atoms with Crippen molar-refractivity contribution in [2.45, 2.75) is 12.8 Å². The first-order valence-electron chi connectivity index (χ1n) is 5.70. The fraction of sp³-hybridized carbons (Fsp3) is 0.417. The molecular weight excluding hydrogens is 220 g/mol. The van der Waals surface area contributed by atoms with Gasteiger partial charge < -0.3 is 10.2 Å². The average Bonchev–Trinajstić information content (AvgIpc) is 2.69. The minimum Gasteiger partial charge on any atom is -0.508 e. The maximum atomic E-state index is 11.7. The van der Waals surface area contributed by atoms with Crippen molar-refractivity contribution in [3.8, 4) is 5.75 Å². The molecule has 0 radical (unpaired) electrons. The molecule has 1 amide bonds. The lowest BCUT2D eigenvalue weighted by atomic mass is 10.3. The van der Waals surface area contributed by atoms with Gasteiger partial charge in [-0.15, -0.1) is 0 Å². The highest BCUT2D eigenvalue weighted by atomic mass is 16.3. The molecule has 1 saturated heterocycles. The monoisotopic (exact) mass is 236 g/mol. The number of aliphatic hydroxyl groups is 1. The molecule has 5 nitrogen and oxygen atoms in total. The normalized spacial score (nSPS) is 15.7. The molecule has 5 heteroatoms. The minimum atomic E-state index is 0.0755. The van der Waals surface area contributed by atoms with Crippen LogP contribution in [0.1, 0.15) is 12.8 Å². The Balaban J connectivity index is 2.13. The van der Waals surface area contributed by atoms with E-state index in [0.29, 0.717) is 25.9 Å².